The topological polar surface area (TPSA) is 15.7 Å². The molecule has 0 saturated carbocycles. The summed E-state index contributed by atoms with van der Waals surface area (Å²) in [4.78, 5) is 5.16. The van der Waals surface area contributed by atoms with Gasteiger partial charge in [0.1, 0.15) is 0 Å². The van der Waals surface area contributed by atoms with E-state index in [0.717, 1.165) is 32.8 Å². The van der Waals surface area contributed by atoms with Crippen molar-refractivity contribution in [2.75, 3.05) is 26.2 Å². The number of aryl methyl sites for hydroxylation is 1. The van der Waals surface area contributed by atoms with Gasteiger partial charge in [0, 0.05) is 32.2 Å². The number of ether oxygens (including phenoxy) is 1. The molecule has 0 aromatic heterocycles. The van der Waals surface area contributed by atoms with Gasteiger partial charge in [0.25, 0.3) is 0 Å². The first kappa shape index (κ1) is 14.1. The smallest absolute Gasteiger partial charge is 0.0870 e. The van der Waals surface area contributed by atoms with Crippen LogP contribution >= 0.6 is 0 Å². The van der Waals surface area contributed by atoms with Crippen LogP contribution in [0.4, 0.5) is 0 Å². The van der Waals surface area contributed by atoms with Gasteiger partial charge < -0.3 is 4.74 Å². The maximum Gasteiger partial charge on any atom is 0.0870 e. The highest BCUT2D eigenvalue weighted by Gasteiger charge is 2.40. The van der Waals surface area contributed by atoms with Crippen LogP contribution in [0.5, 0.6) is 0 Å². The Morgan fingerprint density at radius 3 is 2.65 bits per heavy atom. The first-order chi connectivity index (χ1) is 9.63. The van der Waals surface area contributed by atoms with Crippen LogP contribution in [0.3, 0.4) is 0 Å². The van der Waals surface area contributed by atoms with E-state index in [1.807, 2.05) is 0 Å². The highest BCUT2D eigenvalue weighted by atomic mass is 16.5. The summed E-state index contributed by atoms with van der Waals surface area (Å²) in [6.07, 6.45) is 0.400. The van der Waals surface area contributed by atoms with Crippen LogP contribution in [-0.4, -0.2) is 54.2 Å². The molecule has 2 fully saturated rings. The van der Waals surface area contributed by atoms with Gasteiger partial charge in [0.2, 0.25) is 0 Å². The zero-order chi connectivity index (χ0) is 14.1. The number of nitrogens with zero attached hydrogens (tertiary/aromatic N) is 2. The first-order valence-corrected chi connectivity index (χ1v) is 7.79. The van der Waals surface area contributed by atoms with Crippen molar-refractivity contribution >= 4 is 0 Å². The minimum absolute atomic E-state index is 0.400. The fraction of sp³-hybridized carbons (Fsp3) is 0.647. The molecule has 3 heteroatoms. The molecule has 0 N–H and O–H groups in total. The molecule has 2 saturated heterocycles. The zero-order valence-electron chi connectivity index (χ0n) is 12.9. The Kier molecular flexibility index (Phi) is 4.11. The van der Waals surface area contributed by atoms with Crippen LogP contribution < -0.4 is 0 Å². The molecule has 1 aromatic rings. The Labute approximate surface area is 122 Å². The van der Waals surface area contributed by atoms with Crippen molar-refractivity contribution in [2.45, 2.75) is 45.5 Å². The van der Waals surface area contributed by atoms with E-state index in [4.69, 9.17) is 4.74 Å². The van der Waals surface area contributed by atoms with Crippen molar-refractivity contribution < 1.29 is 4.74 Å². The van der Waals surface area contributed by atoms with E-state index in [1.165, 1.54) is 11.1 Å². The summed E-state index contributed by atoms with van der Waals surface area (Å²) < 4.78 is 5.99. The van der Waals surface area contributed by atoms with Crippen molar-refractivity contribution in [1.82, 2.24) is 9.80 Å². The van der Waals surface area contributed by atoms with Gasteiger partial charge in [-0.3, -0.25) is 9.80 Å². The Balaban J connectivity index is 1.64. The van der Waals surface area contributed by atoms with Gasteiger partial charge in [-0.2, -0.15) is 0 Å². The molecule has 20 heavy (non-hydrogen) atoms. The molecule has 0 bridgehead atoms. The SMILES string of the molecule is Cc1ccc(CN2C[C@@H]3OCCN(C(C)C)[C@@H]3C2)cc1. The largest absolute Gasteiger partial charge is 0.374 e. The summed E-state index contributed by atoms with van der Waals surface area (Å²) >= 11 is 0. The number of hydrogen-bond acceptors (Lipinski definition) is 3. The third-order valence-corrected chi connectivity index (χ3v) is 4.61. The molecule has 0 aliphatic carbocycles. The Hall–Kier alpha value is -0.900. The fourth-order valence-electron chi connectivity index (χ4n) is 3.51. The molecule has 2 aliphatic rings. The third-order valence-electron chi connectivity index (χ3n) is 4.61. The molecular formula is C17H26N2O. The predicted octanol–water partition coefficient (Wildman–Crippen LogP) is 2.29. The second kappa shape index (κ2) is 5.84. The fourth-order valence-corrected chi connectivity index (χ4v) is 3.51. The van der Waals surface area contributed by atoms with Gasteiger partial charge >= 0.3 is 0 Å². The minimum atomic E-state index is 0.400. The highest BCUT2D eigenvalue weighted by Crippen LogP contribution is 2.25. The summed E-state index contributed by atoms with van der Waals surface area (Å²) in [5.74, 6) is 0. The molecule has 0 spiro atoms. The van der Waals surface area contributed by atoms with Crippen LogP contribution in [-0.2, 0) is 11.3 Å². The lowest BCUT2D eigenvalue weighted by molar-refractivity contribution is -0.0583. The molecule has 2 atom stereocenters. The van der Waals surface area contributed by atoms with Crippen LogP contribution in [0.15, 0.2) is 24.3 Å². The summed E-state index contributed by atoms with van der Waals surface area (Å²) in [5, 5.41) is 0. The second-order valence-corrected chi connectivity index (χ2v) is 6.49. The number of hydrogen-bond donors (Lipinski definition) is 0. The van der Waals surface area contributed by atoms with Gasteiger partial charge in [0.05, 0.1) is 18.8 Å². The monoisotopic (exact) mass is 274 g/mol. The summed E-state index contributed by atoms with van der Waals surface area (Å²) in [6, 6.07) is 10.1. The number of likely N-dealkylation sites (tertiary alicyclic amines) is 1. The molecule has 3 rings (SSSR count). The van der Waals surface area contributed by atoms with E-state index < -0.39 is 0 Å². The van der Waals surface area contributed by atoms with Gasteiger partial charge in [-0.05, 0) is 26.3 Å². The van der Waals surface area contributed by atoms with Crippen LogP contribution in [0, 0.1) is 6.92 Å². The van der Waals surface area contributed by atoms with Crippen LogP contribution in [0.25, 0.3) is 0 Å². The Morgan fingerprint density at radius 2 is 1.95 bits per heavy atom. The number of rotatable bonds is 3. The van der Waals surface area contributed by atoms with Crippen molar-refractivity contribution in [3.63, 3.8) is 0 Å². The van der Waals surface area contributed by atoms with Crippen LogP contribution in [0.2, 0.25) is 0 Å². The van der Waals surface area contributed by atoms with E-state index in [1.54, 1.807) is 0 Å². The molecule has 0 unspecified atom stereocenters. The summed E-state index contributed by atoms with van der Waals surface area (Å²) in [7, 11) is 0. The predicted molar refractivity (Wildman–Crippen MR) is 81.8 cm³/mol. The molecule has 2 aliphatic heterocycles. The molecule has 1 aromatic carbocycles. The van der Waals surface area contributed by atoms with E-state index >= 15 is 0 Å². The van der Waals surface area contributed by atoms with Crippen molar-refractivity contribution in [2.24, 2.45) is 0 Å². The number of morpholine rings is 1. The minimum Gasteiger partial charge on any atom is -0.374 e. The molecule has 110 valence electrons. The van der Waals surface area contributed by atoms with Gasteiger partial charge in [-0.25, -0.2) is 0 Å². The molecular weight excluding hydrogens is 248 g/mol. The average Bonchev–Trinajstić information content (AvgIpc) is 2.83. The molecule has 3 nitrogen and oxygen atoms in total. The quantitative estimate of drug-likeness (QED) is 0.841. The van der Waals surface area contributed by atoms with Gasteiger partial charge in [-0.15, -0.1) is 0 Å². The molecule has 2 heterocycles. The van der Waals surface area contributed by atoms with E-state index in [2.05, 4.69) is 54.8 Å². The normalized spacial score (nSPS) is 28.0. The van der Waals surface area contributed by atoms with Gasteiger partial charge in [0.15, 0.2) is 0 Å². The number of fused-ring (bicyclic) bond motifs is 1. The maximum atomic E-state index is 5.99. The van der Waals surface area contributed by atoms with E-state index in [-0.39, 0.29) is 0 Å². The first-order valence-electron chi connectivity index (χ1n) is 7.79. The Bertz CT molecular complexity index is 443. The molecule has 0 amide bonds. The standard InChI is InChI=1S/C17H26N2O/c1-13(2)19-8-9-20-17-12-18(11-16(17)19)10-15-6-4-14(3)5-7-15/h4-7,13,16-17H,8-12H2,1-3H3/t16-,17+/m1/s1. The number of benzene rings is 1. The lowest BCUT2D eigenvalue weighted by Gasteiger charge is -2.39. The van der Waals surface area contributed by atoms with E-state index in [0.29, 0.717) is 18.2 Å². The summed E-state index contributed by atoms with van der Waals surface area (Å²) in [6.45, 7) is 12.0. The maximum absolute atomic E-state index is 5.99. The van der Waals surface area contributed by atoms with Crippen molar-refractivity contribution in [1.29, 1.82) is 0 Å². The van der Waals surface area contributed by atoms with E-state index in [9.17, 15) is 0 Å². The summed E-state index contributed by atoms with van der Waals surface area (Å²) in [5.41, 5.74) is 2.74. The average molecular weight is 274 g/mol. The second-order valence-electron chi connectivity index (χ2n) is 6.49. The van der Waals surface area contributed by atoms with Crippen molar-refractivity contribution in [3.05, 3.63) is 35.4 Å². The Morgan fingerprint density at radius 1 is 1.20 bits per heavy atom. The lowest BCUT2D eigenvalue weighted by atomic mass is 10.1. The van der Waals surface area contributed by atoms with Gasteiger partial charge in [-0.1, -0.05) is 29.8 Å². The van der Waals surface area contributed by atoms with Crippen molar-refractivity contribution in [3.8, 4) is 0 Å². The van der Waals surface area contributed by atoms with Crippen LogP contribution in [0.1, 0.15) is 25.0 Å². The third kappa shape index (κ3) is 2.90. The zero-order valence-corrected chi connectivity index (χ0v) is 12.9. The molecule has 0 radical (unpaired) electrons. The lowest BCUT2D eigenvalue weighted by Crippen LogP contribution is -2.53. The highest BCUT2D eigenvalue weighted by molar-refractivity contribution is 5.21.